The fourth-order valence-electron chi connectivity index (χ4n) is 2.16. The third-order valence-electron chi connectivity index (χ3n) is 3.45. The summed E-state index contributed by atoms with van der Waals surface area (Å²) in [5.74, 6) is -0.686. The van der Waals surface area contributed by atoms with E-state index < -0.39 is 5.91 Å². The Morgan fingerprint density at radius 2 is 1.91 bits per heavy atom. The van der Waals surface area contributed by atoms with E-state index in [4.69, 9.17) is 11.6 Å². The van der Waals surface area contributed by atoms with E-state index in [-0.39, 0.29) is 11.4 Å². The number of halogens is 1. The molecule has 5 nitrogen and oxygen atoms in total. The standard InChI is InChI=1S/C17H14ClN3O2/c1-11-13(18)8-5-9-14(11)19-17(23)16-15(22)10-21(20-16)12-6-3-2-4-7-12/h2-10,22H,1H3,(H,19,23). The number of anilines is 1. The summed E-state index contributed by atoms with van der Waals surface area (Å²) in [6, 6.07) is 14.5. The van der Waals surface area contributed by atoms with Crippen molar-refractivity contribution in [2.45, 2.75) is 6.92 Å². The fraction of sp³-hybridized carbons (Fsp3) is 0.0588. The van der Waals surface area contributed by atoms with Crippen LogP contribution in [-0.2, 0) is 0 Å². The predicted octanol–water partition coefficient (Wildman–Crippen LogP) is 3.79. The van der Waals surface area contributed by atoms with Gasteiger partial charge in [-0.1, -0.05) is 35.9 Å². The van der Waals surface area contributed by atoms with Gasteiger partial charge in [0.15, 0.2) is 11.4 Å². The molecule has 23 heavy (non-hydrogen) atoms. The smallest absolute Gasteiger partial charge is 0.280 e. The van der Waals surface area contributed by atoms with Crippen LogP contribution < -0.4 is 5.32 Å². The quantitative estimate of drug-likeness (QED) is 0.769. The Morgan fingerprint density at radius 1 is 1.17 bits per heavy atom. The number of nitrogens with one attached hydrogen (secondary N) is 1. The number of amides is 1. The van der Waals surface area contributed by atoms with Gasteiger partial charge in [-0.15, -0.1) is 0 Å². The topological polar surface area (TPSA) is 67.2 Å². The van der Waals surface area contributed by atoms with Gasteiger partial charge in [0, 0.05) is 10.7 Å². The Labute approximate surface area is 138 Å². The van der Waals surface area contributed by atoms with Crippen molar-refractivity contribution in [3.63, 3.8) is 0 Å². The number of hydrogen-bond acceptors (Lipinski definition) is 3. The lowest BCUT2D eigenvalue weighted by atomic mass is 10.2. The predicted molar refractivity (Wildman–Crippen MR) is 89.4 cm³/mol. The zero-order valence-electron chi connectivity index (χ0n) is 12.3. The van der Waals surface area contributed by atoms with Crippen molar-refractivity contribution < 1.29 is 9.90 Å². The summed E-state index contributed by atoms with van der Waals surface area (Å²) >= 11 is 6.04. The first kappa shape index (κ1) is 15.1. The molecule has 0 aliphatic carbocycles. The molecule has 3 rings (SSSR count). The number of hydrogen-bond donors (Lipinski definition) is 2. The number of aromatic hydroxyl groups is 1. The molecule has 2 N–H and O–H groups in total. The van der Waals surface area contributed by atoms with Crippen LogP contribution in [0.1, 0.15) is 16.1 Å². The maximum atomic E-state index is 12.4. The van der Waals surface area contributed by atoms with Crippen molar-refractivity contribution in [1.82, 2.24) is 9.78 Å². The maximum Gasteiger partial charge on any atom is 0.280 e. The van der Waals surface area contributed by atoms with Gasteiger partial charge >= 0.3 is 0 Å². The number of nitrogens with zero attached hydrogens (tertiary/aromatic N) is 2. The molecule has 0 radical (unpaired) electrons. The molecule has 2 aromatic carbocycles. The second-order valence-electron chi connectivity index (χ2n) is 5.01. The van der Waals surface area contributed by atoms with Crippen molar-refractivity contribution >= 4 is 23.2 Å². The normalized spacial score (nSPS) is 10.5. The van der Waals surface area contributed by atoms with Gasteiger partial charge in [-0.3, -0.25) is 4.79 Å². The van der Waals surface area contributed by atoms with Crippen LogP contribution in [0.3, 0.4) is 0 Å². The van der Waals surface area contributed by atoms with Gasteiger partial charge in [0.25, 0.3) is 5.91 Å². The lowest BCUT2D eigenvalue weighted by Gasteiger charge is -2.08. The molecular weight excluding hydrogens is 314 g/mol. The van der Waals surface area contributed by atoms with Gasteiger partial charge in [-0.05, 0) is 36.8 Å². The summed E-state index contributed by atoms with van der Waals surface area (Å²) in [6.45, 7) is 1.81. The number of benzene rings is 2. The molecule has 0 aliphatic rings. The highest BCUT2D eigenvalue weighted by Gasteiger charge is 2.18. The maximum absolute atomic E-state index is 12.4. The van der Waals surface area contributed by atoms with Crippen LogP contribution in [0.5, 0.6) is 5.75 Å². The number of carbonyl (C=O) groups excluding carboxylic acids is 1. The molecule has 1 amide bonds. The molecule has 0 aliphatic heterocycles. The molecule has 0 fully saturated rings. The van der Waals surface area contributed by atoms with E-state index in [2.05, 4.69) is 10.4 Å². The van der Waals surface area contributed by atoms with Gasteiger partial charge in [0.05, 0.1) is 11.9 Å². The third-order valence-corrected chi connectivity index (χ3v) is 3.86. The van der Waals surface area contributed by atoms with Gasteiger partial charge in [-0.2, -0.15) is 5.10 Å². The Hall–Kier alpha value is -2.79. The monoisotopic (exact) mass is 327 g/mol. The molecule has 0 bridgehead atoms. The first-order valence-electron chi connectivity index (χ1n) is 6.97. The molecule has 0 unspecified atom stereocenters. The second kappa shape index (κ2) is 6.14. The van der Waals surface area contributed by atoms with Crippen molar-refractivity contribution in [3.05, 3.63) is 71.0 Å². The molecule has 0 saturated heterocycles. The lowest BCUT2D eigenvalue weighted by molar-refractivity contribution is 0.101. The molecule has 116 valence electrons. The van der Waals surface area contributed by atoms with Crippen molar-refractivity contribution in [2.75, 3.05) is 5.32 Å². The highest BCUT2D eigenvalue weighted by molar-refractivity contribution is 6.31. The zero-order valence-corrected chi connectivity index (χ0v) is 13.1. The molecule has 0 atom stereocenters. The summed E-state index contributed by atoms with van der Waals surface area (Å²) in [5.41, 5.74) is 2.04. The Morgan fingerprint density at radius 3 is 2.65 bits per heavy atom. The van der Waals surface area contributed by atoms with Crippen LogP contribution in [0.25, 0.3) is 5.69 Å². The van der Waals surface area contributed by atoms with Crippen LogP contribution in [0.2, 0.25) is 5.02 Å². The molecule has 1 aromatic heterocycles. The molecule has 3 aromatic rings. The summed E-state index contributed by atoms with van der Waals surface area (Å²) in [4.78, 5) is 12.4. The zero-order chi connectivity index (χ0) is 16.4. The number of carbonyl (C=O) groups is 1. The van der Waals surface area contributed by atoms with Crippen LogP contribution >= 0.6 is 11.6 Å². The van der Waals surface area contributed by atoms with E-state index in [1.165, 1.54) is 10.9 Å². The van der Waals surface area contributed by atoms with Crippen LogP contribution in [-0.4, -0.2) is 20.8 Å². The minimum absolute atomic E-state index is 0.0479. The number of para-hydroxylation sites is 1. The molecule has 6 heteroatoms. The summed E-state index contributed by atoms with van der Waals surface area (Å²) in [5, 5.41) is 17.4. The van der Waals surface area contributed by atoms with E-state index in [1.807, 2.05) is 30.3 Å². The highest BCUT2D eigenvalue weighted by atomic mass is 35.5. The lowest BCUT2D eigenvalue weighted by Crippen LogP contribution is -2.14. The van der Waals surface area contributed by atoms with Crippen LogP contribution in [0, 0.1) is 6.92 Å². The largest absolute Gasteiger partial charge is 0.504 e. The minimum Gasteiger partial charge on any atom is -0.504 e. The van der Waals surface area contributed by atoms with E-state index in [0.29, 0.717) is 10.7 Å². The Kier molecular flexibility index (Phi) is 4.04. The average molecular weight is 328 g/mol. The van der Waals surface area contributed by atoms with E-state index in [1.54, 1.807) is 25.1 Å². The van der Waals surface area contributed by atoms with Gasteiger partial charge < -0.3 is 10.4 Å². The van der Waals surface area contributed by atoms with Gasteiger partial charge in [0.2, 0.25) is 0 Å². The van der Waals surface area contributed by atoms with Crippen LogP contribution in [0.15, 0.2) is 54.7 Å². The summed E-state index contributed by atoms with van der Waals surface area (Å²) in [7, 11) is 0. The molecule has 1 heterocycles. The fourth-order valence-corrected chi connectivity index (χ4v) is 2.34. The minimum atomic E-state index is -0.498. The molecule has 0 spiro atoms. The van der Waals surface area contributed by atoms with Crippen LogP contribution in [0.4, 0.5) is 5.69 Å². The molecular formula is C17H14ClN3O2. The Balaban J connectivity index is 1.89. The number of aromatic nitrogens is 2. The van der Waals surface area contributed by atoms with Crippen molar-refractivity contribution in [2.24, 2.45) is 0 Å². The van der Waals surface area contributed by atoms with Crippen molar-refractivity contribution in [3.8, 4) is 11.4 Å². The van der Waals surface area contributed by atoms with E-state index in [0.717, 1.165) is 11.3 Å². The first-order chi connectivity index (χ1) is 11.1. The third kappa shape index (κ3) is 3.05. The Bertz CT molecular complexity index is 860. The second-order valence-corrected chi connectivity index (χ2v) is 5.42. The van der Waals surface area contributed by atoms with Gasteiger partial charge in [-0.25, -0.2) is 4.68 Å². The van der Waals surface area contributed by atoms with E-state index in [9.17, 15) is 9.90 Å². The first-order valence-corrected chi connectivity index (χ1v) is 7.34. The SMILES string of the molecule is Cc1c(Cl)cccc1NC(=O)c1nn(-c2ccccc2)cc1O. The average Bonchev–Trinajstić information content (AvgIpc) is 2.95. The summed E-state index contributed by atoms with van der Waals surface area (Å²) in [6.07, 6.45) is 1.40. The van der Waals surface area contributed by atoms with Gasteiger partial charge in [0.1, 0.15) is 0 Å². The number of rotatable bonds is 3. The molecule has 0 saturated carbocycles. The van der Waals surface area contributed by atoms with E-state index >= 15 is 0 Å². The van der Waals surface area contributed by atoms with Crippen molar-refractivity contribution in [1.29, 1.82) is 0 Å². The summed E-state index contributed by atoms with van der Waals surface area (Å²) < 4.78 is 1.45. The highest BCUT2D eigenvalue weighted by Crippen LogP contribution is 2.25.